The molecule has 1 N–H and O–H groups in total. The maximum Gasteiger partial charge on any atom is 0.328 e. The average molecular weight is 407 g/mol. The van der Waals surface area contributed by atoms with Crippen molar-refractivity contribution in [2.24, 2.45) is 20.0 Å². The van der Waals surface area contributed by atoms with Crippen molar-refractivity contribution >= 4 is 16.9 Å². The van der Waals surface area contributed by atoms with E-state index >= 15 is 0 Å². The van der Waals surface area contributed by atoms with Crippen molar-refractivity contribution < 1.29 is 4.79 Å². The molecule has 0 aliphatic carbocycles. The first kappa shape index (κ1) is 20.4. The first-order valence-corrected chi connectivity index (χ1v) is 10.6. The Bertz CT molecular complexity index is 1100. The number of likely N-dealkylation sites (tertiary alicyclic amines) is 1. The second-order valence-electron chi connectivity index (χ2n) is 8.52. The summed E-state index contributed by atoms with van der Waals surface area (Å²) in [6.07, 6.45) is 2.19. The number of carbonyl (C=O) groups is 1. The molecular weight excluding hydrogens is 376 g/mol. The number of benzene rings is 2. The largest absolute Gasteiger partial charge is 0.352 e. The van der Waals surface area contributed by atoms with Crippen LogP contribution < -0.4 is 11.0 Å². The number of amides is 1. The predicted molar refractivity (Wildman–Crippen MR) is 120 cm³/mol. The Morgan fingerprint density at radius 1 is 1.00 bits per heavy atom. The first-order valence-electron chi connectivity index (χ1n) is 10.6. The molecule has 3 aromatic rings. The van der Waals surface area contributed by atoms with Crippen LogP contribution in [0.1, 0.15) is 34.3 Å². The topological polar surface area (TPSA) is 59.3 Å². The standard InChI is InChI=1S/C24H30N4O2/c1-17-4-6-19(7-5-17)16-28-12-10-18(11-13-28)15-25-23(29)20-8-9-21-22(14-20)27(3)24(30)26(21)2/h4-9,14,18H,10-13,15-16H2,1-3H3,(H,25,29). The number of nitrogens with zero attached hydrogens (tertiary/aromatic N) is 3. The SMILES string of the molecule is Cc1ccc(CN2CCC(CNC(=O)c3ccc4c(c3)n(C)c(=O)n4C)CC2)cc1. The highest BCUT2D eigenvalue weighted by molar-refractivity contribution is 5.97. The summed E-state index contributed by atoms with van der Waals surface area (Å²) in [5, 5.41) is 3.09. The Labute approximate surface area is 177 Å². The van der Waals surface area contributed by atoms with Crippen LogP contribution in [0.2, 0.25) is 0 Å². The highest BCUT2D eigenvalue weighted by Crippen LogP contribution is 2.19. The van der Waals surface area contributed by atoms with Crippen molar-refractivity contribution in [3.05, 3.63) is 69.6 Å². The summed E-state index contributed by atoms with van der Waals surface area (Å²) >= 11 is 0. The van der Waals surface area contributed by atoms with Crippen molar-refractivity contribution in [3.8, 4) is 0 Å². The van der Waals surface area contributed by atoms with Crippen LogP contribution in [0.15, 0.2) is 47.3 Å². The molecule has 6 nitrogen and oxygen atoms in total. The lowest BCUT2D eigenvalue weighted by Gasteiger charge is -2.32. The molecule has 2 aromatic carbocycles. The fourth-order valence-electron chi connectivity index (χ4n) is 4.29. The van der Waals surface area contributed by atoms with Crippen LogP contribution in [0.5, 0.6) is 0 Å². The van der Waals surface area contributed by atoms with Crippen LogP contribution in [0.4, 0.5) is 0 Å². The molecule has 2 heterocycles. The Kier molecular flexibility index (Phi) is 5.77. The highest BCUT2D eigenvalue weighted by Gasteiger charge is 2.20. The van der Waals surface area contributed by atoms with E-state index in [9.17, 15) is 9.59 Å². The number of aryl methyl sites for hydroxylation is 3. The Hall–Kier alpha value is -2.86. The summed E-state index contributed by atoms with van der Waals surface area (Å²) in [5.41, 5.74) is 4.78. The minimum atomic E-state index is -0.0834. The fourth-order valence-corrected chi connectivity index (χ4v) is 4.29. The Morgan fingerprint density at radius 2 is 1.67 bits per heavy atom. The van der Waals surface area contributed by atoms with E-state index < -0.39 is 0 Å². The molecule has 0 bridgehead atoms. The maximum absolute atomic E-state index is 12.7. The summed E-state index contributed by atoms with van der Waals surface area (Å²) in [7, 11) is 3.48. The zero-order valence-corrected chi connectivity index (χ0v) is 18.0. The number of fused-ring (bicyclic) bond motifs is 1. The molecule has 0 spiro atoms. The Balaban J connectivity index is 1.29. The fraction of sp³-hybridized carbons (Fsp3) is 0.417. The molecule has 158 valence electrons. The zero-order valence-electron chi connectivity index (χ0n) is 18.0. The highest BCUT2D eigenvalue weighted by atomic mass is 16.2. The van der Waals surface area contributed by atoms with E-state index in [4.69, 9.17) is 0 Å². The third-order valence-electron chi connectivity index (χ3n) is 6.32. The number of hydrogen-bond acceptors (Lipinski definition) is 3. The summed E-state index contributed by atoms with van der Waals surface area (Å²) in [6, 6.07) is 14.2. The number of hydrogen-bond donors (Lipinski definition) is 1. The van der Waals surface area contributed by atoms with Crippen LogP contribution in [0.3, 0.4) is 0 Å². The van der Waals surface area contributed by atoms with E-state index in [1.807, 2.05) is 6.07 Å². The molecule has 0 saturated carbocycles. The van der Waals surface area contributed by atoms with E-state index in [0.717, 1.165) is 43.5 Å². The van der Waals surface area contributed by atoms with Crippen LogP contribution in [0, 0.1) is 12.8 Å². The van der Waals surface area contributed by atoms with E-state index in [2.05, 4.69) is 41.4 Å². The molecule has 1 aromatic heterocycles. The van der Waals surface area contributed by atoms with Crippen molar-refractivity contribution in [1.29, 1.82) is 0 Å². The van der Waals surface area contributed by atoms with Gasteiger partial charge in [0.15, 0.2) is 0 Å². The van der Waals surface area contributed by atoms with Gasteiger partial charge in [-0.1, -0.05) is 29.8 Å². The molecular formula is C24H30N4O2. The molecule has 6 heteroatoms. The second-order valence-corrected chi connectivity index (χ2v) is 8.52. The molecule has 4 rings (SSSR count). The van der Waals surface area contributed by atoms with Crippen molar-refractivity contribution in [3.63, 3.8) is 0 Å². The van der Waals surface area contributed by atoms with Gasteiger partial charge in [0, 0.05) is 32.7 Å². The monoisotopic (exact) mass is 406 g/mol. The third kappa shape index (κ3) is 4.19. The smallest absolute Gasteiger partial charge is 0.328 e. The molecule has 1 aliphatic rings. The molecule has 1 aliphatic heterocycles. The predicted octanol–water partition coefficient (Wildman–Crippen LogP) is 2.83. The number of aromatic nitrogens is 2. The summed E-state index contributed by atoms with van der Waals surface area (Å²) in [6.45, 7) is 5.93. The van der Waals surface area contributed by atoms with Crippen molar-refractivity contribution in [2.45, 2.75) is 26.3 Å². The Morgan fingerprint density at radius 3 is 2.37 bits per heavy atom. The number of imidazole rings is 1. The third-order valence-corrected chi connectivity index (χ3v) is 6.32. The van der Waals surface area contributed by atoms with E-state index in [-0.39, 0.29) is 11.6 Å². The van der Waals surface area contributed by atoms with Crippen molar-refractivity contribution in [1.82, 2.24) is 19.4 Å². The molecule has 30 heavy (non-hydrogen) atoms. The maximum atomic E-state index is 12.7. The van der Waals surface area contributed by atoms with E-state index in [1.54, 1.807) is 35.4 Å². The summed E-state index contributed by atoms with van der Waals surface area (Å²) in [4.78, 5) is 27.2. The molecule has 0 radical (unpaired) electrons. The van der Waals surface area contributed by atoms with Gasteiger partial charge in [-0.15, -0.1) is 0 Å². The lowest BCUT2D eigenvalue weighted by atomic mass is 9.96. The summed E-state index contributed by atoms with van der Waals surface area (Å²) < 4.78 is 3.18. The zero-order chi connectivity index (χ0) is 21.3. The number of piperidine rings is 1. The van der Waals surface area contributed by atoms with Gasteiger partial charge in [0.25, 0.3) is 5.91 Å². The van der Waals surface area contributed by atoms with E-state index in [0.29, 0.717) is 18.0 Å². The van der Waals surface area contributed by atoms with Crippen LogP contribution in [0.25, 0.3) is 11.0 Å². The quantitative estimate of drug-likeness (QED) is 0.709. The van der Waals surface area contributed by atoms with Gasteiger partial charge in [0.05, 0.1) is 11.0 Å². The molecule has 0 unspecified atom stereocenters. The van der Waals surface area contributed by atoms with Gasteiger partial charge in [-0.25, -0.2) is 4.79 Å². The van der Waals surface area contributed by atoms with Gasteiger partial charge >= 0.3 is 5.69 Å². The normalized spacial score (nSPS) is 15.6. The molecule has 1 fully saturated rings. The van der Waals surface area contributed by atoms with Crippen LogP contribution >= 0.6 is 0 Å². The van der Waals surface area contributed by atoms with Gasteiger partial charge in [-0.2, -0.15) is 0 Å². The van der Waals surface area contributed by atoms with Gasteiger partial charge in [0.1, 0.15) is 0 Å². The number of rotatable bonds is 5. The lowest BCUT2D eigenvalue weighted by Crippen LogP contribution is -2.38. The lowest BCUT2D eigenvalue weighted by molar-refractivity contribution is 0.0935. The first-order chi connectivity index (χ1) is 14.4. The van der Waals surface area contributed by atoms with Gasteiger partial charge in [-0.05, 0) is 62.5 Å². The molecule has 0 atom stereocenters. The minimum absolute atomic E-state index is 0.0738. The van der Waals surface area contributed by atoms with Crippen LogP contribution in [-0.2, 0) is 20.6 Å². The summed E-state index contributed by atoms with van der Waals surface area (Å²) in [5.74, 6) is 0.434. The number of nitrogens with one attached hydrogen (secondary N) is 1. The van der Waals surface area contributed by atoms with Crippen LogP contribution in [-0.4, -0.2) is 39.6 Å². The average Bonchev–Trinajstić information content (AvgIpc) is 2.98. The van der Waals surface area contributed by atoms with Gasteiger partial charge < -0.3 is 5.32 Å². The number of carbonyl (C=O) groups excluding carboxylic acids is 1. The van der Waals surface area contributed by atoms with Gasteiger partial charge in [-0.3, -0.25) is 18.8 Å². The van der Waals surface area contributed by atoms with Crippen molar-refractivity contribution in [2.75, 3.05) is 19.6 Å². The minimum Gasteiger partial charge on any atom is -0.352 e. The second kappa shape index (κ2) is 8.48. The molecule has 1 saturated heterocycles. The van der Waals surface area contributed by atoms with E-state index in [1.165, 1.54) is 11.1 Å². The molecule has 1 amide bonds. The van der Waals surface area contributed by atoms with Gasteiger partial charge in [0.2, 0.25) is 0 Å².